The highest BCUT2D eigenvalue weighted by molar-refractivity contribution is 7.65. The van der Waals surface area contributed by atoms with Gasteiger partial charge in [-0.3, -0.25) is 0 Å². The molecule has 0 aromatic heterocycles. The molecule has 1 atom stereocenters. The van der Waals surface area contributed by atoms with Crippen LogP contribution in [0, 0.1) is 0 Å². The van der Waals surface area contributed by atoms with Crippen molar-refractivity contribution < 1.29 is 0 Å². The SMILES string of the molecule is C=Cc1ccccc1C(C)[Si](Cl)(Cl)Cl. The van der Waals surface area contributed by atoms with Crippen LogP contribution in [0.15, 0.2) is 30.8 Å². The molecule has 0 saturated heterocycles. The minimum absolute atomic E-state index is 0.0123. The molecule has 4 heteroatoms. The summed E-state index contributed by atoms with van der Waals surface area (Å²) < 4.78 is 0. The zero-order valence-corrected chi connectivity index (χ0v) is 11.1. The summed E-state index contributed by atoms with van der Waals surface area (Å²) in [5.41, 5.74) is 2.09. The highest BCUT2D eigenvalue weighted by Gasteiger charge is 2.35. The highest BCUT2D eigenvalue weighted by Crippen LogP contribution is 2.37. The molecule has 0 radical (unpaired) electrons. The third-order valence-electron chi connectivity index (χ3n) is 2.17. The van der Waals surface area contributed by atoms with Crippen molar-refractivity contribution >= 4 is 45.3 Å². The summed E-state index contributed by atoms with van der Waals surface area (Å²) in [6.45, 7) is 5.69. The second-order valence-electron chi connectivity index (χ2n) is 3.10. The Labute approximate surface area is 99.6 Å². The van der Waals surface area contributed by atoms with Crippen LogP contribution in [0.4, 0.5) is 0 Å². The number of hydrogen-bond acceptors (Lipinski definition) is 0. The molecule has 0 aliphatic rings. The van der Waals surface area contributed by atoms with E-state index in [4.69, 9.17) is 33.2 Å². The zero-order valence-electron chi connectivity index (χ0n) is 7.81. The van der Waals surface area contributed by atoms with Gasteiger partial charge in [-0.05, 0) is 11.1 Å². The number of benzene rings is 1. The first kappa shape index (κ1) is 12.1. The molecule has 76 valence electrons. The molecule has 0 spiro atoms. The maximum absolute atomic E-state index is 5.98. The van der Waals surface area contributed by atoms with Crippen molar-refractivity contribution in [3.05, 3.63) is 42.0 Å². The van der Waals surface area contributed by atoms with Gasteiger partial charge in [0.15, 0.2) is 0 Å². The van der Waals surface area contributed by atoms with Crippen molar-refractivity contribution in [1.82, 2.24) is 0 Å². The number of rotatable bonds is 3. The molecule has 0 fully saturated rings. The molecule has 0 nitrogen and oxygen atoms in total. The predicted molar refractivity (Wildman–Crippen MR) is 68.3 cm³/mol. The van der Waals surface area contributed by atoms with Gasteiger partial charge in [-0.15, -0.1) is 33.2 Å². The standard InChI is InChI=1S/C10H11Cl3Si/c1-3-9-6-4-5-7-10(9)8(2)14(11,12)13/h3-8H,1H2,2H3. The first-order valence-electron chi connectivity index (χ1n) is 4.25. The Bertz CT molecular complexity index is 330. The lowest BCUT2D eigenvalue weighted by molar-refractivity contribution is 1.06. The Balaban J connectivity index is 3.12. The second kappa shape index (κ2) is 4.71. The van der Waals surface area contributed by atoms with E-state index in [0.29, 0.717) is 0 Å². The fraction of sp³-hybridized carbons (Fsp3) is 0.200. The van der Waals surface area contributed by atoms with Crippen molar-refractivity contribution in [1.29, 1.82) is 0 Å². The van der Waals surface area contributed by atoms with Crippen LogP contribution in [-0.4, -0.2) is 6.00 Å². The van der Waals surface area contributed by atoms with Gasteiger partial charge in [0.1, 0.15) is 0 Å². The maximum atomic E-state index is 5.98. The molecule has 14 heavy (non-hydrogen) atoms. The summed E-state index contributed by atoms with van der Waals surface area (Å²) >= 11 is 17.9. The van der Waals surface area contributed by atoms with Crippen LogP contribution in [0.5, 0.6) is 0 Å². The van der Waals surface area contributed by atoms with Gasteiger partial charge in [-0.25, -0.2) is 0 Å². The fourth-order valence-electron chi connectivity index (χ4n) is 1.27. The zero-order chi connectivity index (χ0) is 10.8. The van der Waals surface area contributed by atoms with Crippen LogP contribution < -0.4 is 0 Å². The molecule has 0 aliphatic carbocycles. The molecule has 1 unspecified atom stereocenters. The second-order valence-corrected chi connectivity index (χ2v) is 12.2. The Kier molecular flexibility index (Phi) is 4.08. The van der Waals surface area contributed by atoms with E-state index >= 15 is 0 Å². The van der Waals surface area contributed by atoms with Gasteiger partial charge >= 0.3 is 6.00 Å². The maximum Gasteiger partial charge on any atom is 0.348 e. The summed E-state index contributed by atoms with van der Waals surface area (Å²) in [5.74, 6) is 0. The molecular formula is C10H11Cl3Si. The summed E-state index contributed by atoms with van der Waals surface area (Å²) in [6, 6.07) is 5.18. The van der Waals surface area contributed by atoms with Gasteiger partial charge in [0.25, 0.3) is 0 Å². The molecule has 0 bridgehead atoms. The fourth-order valence-corrected chi connectivity index (χ4v) is 2.94. The molecule has 0 saturated carbocycles. The monoisotopic (exact) mass is 264 g/mol. The van der Waals surface area contributed by atoms with E-state index in [0.717, 1.165) is 11.1 Å². The van der Waals surface area contributed by atoms with Crippen LogP contribution >= 0.6 is 33.2 Å². The summed E-state index contributed by atoms with van der Waals surface area (Å²) in [6.07, 6.45) is 1.79. The smallest absolute Gasteiger partial charge is 0.125 e. The van der Waals surface area contributed by atoms with Gasteiger partial charge in [0.05, 0.1) is 0 Å². The van der Waals surface area contributed by atoms with E-state index in [2.05, 4.69) is 6.58 Å². The molecule has 0 amide bonds. The van der Waals surface area contributed by atoms with Crippen molar-refractivity contribution in [2.24, 2.45) is 0 Å². The molecule has 1 aromatic rings. The summed E-state index contributed by atoms with van der Waals surface area (Å²) in [5, 5.41) is 0. The third kappa shape index (κ3) is 2.77. The van der Waals surface area contributed by atoms with E-state index in [1.54, 1.807) is 6.08 Å². The molecular weight excluding hydrogens is 255 g/mol. The topological polar surface area (TPSA) is 0 Å². The summed E-state index contributed by atoms with van der Waals surface area (Å²) in [4.78, 5) is 0. The van der Waals surface area contributed by atoms with E-state index in [-0.39, 0.29) is 5.54 Å². The molecule has 1 aromatic carbocycles. The lowest BCUT2D eigenvalue weighted by atomic mass is 10.1. The van der Waals surface area contributed by atoms with Crippen LogP contribution in [-0.2, 0) is 0 Å². The van der Waals surface area contributed by atoms with Crippen molar-refractivity contribution in [3.8, 4) is 0 Å². The molecule has 1 rings (SSSR count). The van der Waals surface area contributed by atoms with Gasteiger partial charge < -0.3 is 0 Å². The molecule has 0 aliphatic heterocycles. The predicted octanol–water partition coefficient (Wildman–Crippen LogP) is 4.63. The van der Waals surface area contributed by atoms with E-state index in [1.807, 2.05) is 31.2 Å². The van der Waals surface area contributed by atoms with Gasteiger partial charge in [-0.2, -0.15) is 0 Å². The van der Waals surface area contributed by atoms with Crippen molar-refractivity contribution in [2.75, 3.05) is 0 Å². The number of halogens is 3. The van der Waals surface area contributed by atoms with E-state index in [9.17, 15) is 0 Å². The van der Waals surface area contributed by atoms with Crippen molar-refractivity contribution in [3.63, 3.8) is 0 Å². The van der Waals surface area contributed by atoms with Gasteiger partial charge in [0.2, 0.25) is 0 Å². The first-order chi connectivity index (χ1) is 6.46. The largest absolute Gasteiger partial charge is 0.348 e. The molecule has 0 N–H and O–H groups in total. The lowest BCUT2D eigenvalue weighted by Gasteiger charge is -2.19. The average Bonchev–Trinajstić information content (AvgIpc) is 2.15. The normalized spacial score (nSPS) is 13.7. The highest BCUT2D eigenvalue weighted by atomic mass is 35.8. The average molecular weight is 266 g/mol. The van der Waals surface area contributed by atoms with Crippen LogP contribution in [0.2, 0.25) is 0 Å². The van der Waals surface area contributed by atoms with Crippen molar-refractivity contribution in [2.45, 2.75) is 12.5 Å². The quantitative estimate of drug-likeness (QED) is 0.552. The third-order valence-corrected chi connectivity index (χ3v) is 6.41. The summed E-state index contributed by atoms with van der Waals surface area (Å²) in [7, 11) is 0. The molecule has 0 heterocycles. The Hall–Kier alpha value is 0.0469. The minimum Gasteiger partial charge on any atom is -0.125 e. The van der Waals surface area contributed by atoms with Gasteiger partial charge in [0, 0.05) is 5.54 Å². The van der Waals surface area contributed by atoms with E-state index < -0.39 is 6.00 Å². The van der Waals surface area contributed by atoms with Crippen LogP contribution in [0.3, 0.4) is 0 Å². The van der Waals surface area contributed by atoms with Crippen LogP contribution in [0.25, 0.3) is 6.08 Å². The number of hydrogen-bond donors (Lipinski definition) is 0. The first-order valence-corrected chi connectivity index (χ1v) is 9.36. The Morgan fingerprint density at radius 2 is 1.86 bits per heavy atom. The Morgan fingerprint density at radius 1 is 1.29 bits per heavy atom. The minimum atomic E-state index is -2.68. The lowest BCUT2D eigenvalue weighted by Crippen LogP contribution is -2.21. The van der Waals surface area contributed by atoms with E-state index in [1.165, 1.54) is 0 Å². The van der Waals surface area contributed by atoms with Gasteiger partial charge in [-0.1, -0.05) is 43.8 Å². The van der Waals surface area contributed by atoms with Crippen LogP contribution in [0.1, 0.15) is 23.6 Å². The Morgan fingerprint density at radius 3 is 2.36 bits per heavy atom.